The monoisotopic (exact) mass is 307 g/mol. The summed E-state index contributed by atoms with van der Waals surface area (Å²) in [6.07, 6.45) is 0. The predicted molar refractivity (Wildman–Crippen MR) is 58.3 cm³/mol. The van der Waals surface area contributed by atoms with Gasteiger partial charge in [0, 0.05) is 12.1 Å². The number of carbonyl (C=O) groups excluding carboxylic acids is 1. The molecule has 0 amide bonds. The van der Waals surface area contributed by atoms with Gasteiger partial charge < -0.3 is 9.47 Å². The summed E-state index contributed by atoms with van der Waals surface area (Å²) in [7, 11) is 1.14. The molecule has 1 rings (SSSR count). The highest BCUT2D eigenvalue weighted by Gasteiger charge is 2.19. The van der Waals surface area contributed by atoms with Crippen LogP contribution < -0.4 is 4.74 Å². The van der Waals surface area contributed by atoms with Gasteiger partial charge in [-0.05, 0) is 15.9 Å². The van der Waals surface area contributed by atoms with Crippen molar-refractivity contribution in [1.29, 1.82) is 0 Å². The Balaban J connectivity index is 3.00. The Kier molecular flexibility index (Phi) is 4.38. The minimum Gasteiger partial charge on any atom is -0.475 e. The Morgan fingerprint density at radius 1 is 1.59 bits per heavy atom. The van der Waals surface area contributed by atoms with Gasteiger partial charge in [0.1, 0.15) is 5.82 Å². The minimum atomic E-state index is -0.739. The summed E-state index contributed by atoms with van der Waals surface area (Å²) in [5.41, 5.74) is -0.442. The van der Waals surface area contributed by atoms with Crippen LogP contribution in [0.15, 0.2) is 16.6 Å². The number of methoxy groups -OCH3 is 1. The first-order chi connectivity index (χ1) is 7.95. The average molecular weight is 308 g/mol. The summed E-state index contributed by atoms with van der Waals surface area (Å²) in [6.45, 7) is -0.529. The number of esters is 1. The van der Waals surface area contributed by atoms with Crippen molar-refractivity contribution in [3.05, 3.63) is 32.5 Å². The number of halogens is 2. The Hall–Kier alpha value is -1.70. The van der Waals surface area contributed by atoms with Gasteiger partial charge in [0.15, 0.2) is 6.61 Å². The predicted octanol–water partition coefficient (Wildman–Crippen LogP) is 2.05. The molecule has 0 heterocycles. The molecule has 6 nitrogen and oxygen atoms in total. The molecule has 0 aliphatic carbocycles. The van der Waals surface area contributed by atoms with Gasteiger partial charge in [-0.25, -0.2) is 9.18 Å². The van der Waals surface area contributed by atoms with Gasteiger partial charge in [-0.15, -0.1) is 0 Å². The second-order valence-electron chi connectivity index (χ2n) is 2.86. The maximum atomic E-state index is 13.2. The molecular weight excluding hydrogens is 301 g/mol. The molecule has 0 N–H and O–H groups in total. The fraction of sp³-hybridized carbons (Fsp3) is 0.222. The number of ether oxygens (including phenoxy) is 2. The van der Waals surface area contributed by atoms with E-state index < -0.39 is 29.0 Å². The molecule has 0 saturated heterocycles. The molecule has 1 aromatic carbocycles. The van der Waals surface area contributed by atoms with Crippen LogP contribution in [-0.4, -0.2) is 24.6 Å². The second kappa shape index (κ2) is 5.58. The van der Waals surface area contributed by atoms with Crippen LogP contribution in [0.1, 0.15) is 0 Å². The lowest BCUT2D eigenvalue weighted by Gasteiger charge is -2.06. The van der Waals surface area contributed by atoms with E-state index in [1.54, 1.807) is 0 Å². The first kappa shape index (κ1) is 13.4. The molecule has 0 bridgehead atoms. The third-order valence-corrected chi connectivity index (χ3v) is 2.38. The minimum absolute atomic E-state index is 0.0605. The van der Waals surface area contributed by atoms with E-state index in [0.29, 0.717) is 0 Å². The third kappa shape index (κ3) is 3.38. The number of rotatable bonds is 4. The zero-order chi connectivity index (χ0) is 13.0. The van der Waals surface area contributed by atoms with Crippen molar-refractivity contribution >= 4 is 27.6 Å². The lowest BCUT2D eigenvalue weighted by atomic mass is 10.3. The summed E-state index contributed by atoms with van der Waals surface area (Å²) in [5.74, 6) is -1.78. The summed E-state index contributed by atoms with van der Waals surface area (Å²) < 4.78 is 22.2. The summed E-state index contributed by atoms with van der Waals surface area (Å²) in [5, 5.41) is 10.7. The molecule has 0 atom stereocenters. The van der Waals surface area contributed by atoms with Crippen LogP contribution in [0, 0.1) is 15.9 Å². The van der Waals surface area contributed by atoms with E-state index in [1.165, 1.54) is 0 Å². The average Bonchev–Trinajstić information content (AvgIpc) is 2.29. The van der Waals surface area contributed by atoms with E-state index in [1.807, 2.05) is 0 Å². The van der Waals surface area contributed by atoms with E-state index in [9.17, 15) is 19.3 Å². The van der Waals surface area contributed by atoms with Crippen LogP contribution in [0.3, 0.4) is 0 Å². The Bertz CT molecular complexity index is 465. The lowest BCUT2D eigenvalue weighted by Crippen LogP contribution is -2.13. The van der Waals surface area contributed by atoms with Crippen LogP contribution in [0.5, 0.6) is 5.75 Å². The van der Waals surface area contributed by atoms with Gasteiger partial charge in [0.05, 0.1) is 16.5 Å². The smallest absolute Gasteiger partial charge is 0.343 e. The highest BCUT2D eigenvalue weighted by atomic mass is 79.9. The first-order valence-corrected chi connectivity index (χ1v) is 5.08. The van der Waals surface area contributed by atoms with Crippen LogP contribution >= 0.6 is 15.9 Å². The topological polar surface area (TPSA) is 78.7 Å². The van der Waals surface area contributed by atoms with Crippen molar-refractivity contribution in [3.63, 3.8) is 0 Å². The van der Waals surface area contributed by atoms with Crippen molar-refractivity contribution in [2.45, 2.75) is 0 Å². The quantitative estimate of drug-likeness (QED) is 0.483. The molecule has 0 aromatic heterocycles. The molecule has 0 aliphatic heterocycles. The normalized spacial score (nSPS) is 9.82. The maximum absolute atomic E-state index is 13.2. The number of hydrogen-bond acceptors (Lipinski definition) is 5. The number of benzene rings is 1. The van der Waals surface area contributed by atoms with Crippen LogP contribution in [0.2, 0.25) is 0 Å². The van der Waals surface area contributed by atoms with E-state index in [0.717, 1.165) is 19.2 Å². The lowest BCUT2D eigenvalue weighted by molar-refractivity contribution is -0.385. The largest absolute Gasteiger partial charge is 0.475 e. The second-order valence-corrected chi connectivity index (χ2v) is 3.71. The summed E-state index contributed by atoms with van der Waals surface area (Å²) in [6, 6.07) is 1.78. The molecule has 17 heavy (non-hydrogen) atoms. The van der Waals surface area contributed by atoms with Crippen molar-refractivity contribution in [1.82, 2.24) is 0 Å². The molecule has 0 radical (unpaired) electrons. The highest BCUT2D eigenvalue weighted by molar-refractivity contribution is 9.10. The molecule has 0 unspecified atom stereocenters. The molecule has 0 saturated carbocycles. The number of nitro benzene ring substituents is 1. The maximum Gasteiger partial charge on any atom is 0.343 e. The summed E-state index contributed by atoms with van der Waals surface area (Å²) >= 11 is 2.82. The Labute approximate surface area is 104 Å². The number of carbonyl (C=O) groups is 1. The fourth-order valence-electron chi connectivity index (χ4n) is 0.972. The van der Waals surface area contributed by atoms with Gasteiger partial charge in [0.2, 0.25) is 5.75 Å². The van der Waals surface area contributed by atoms with Gasteiger partial charge in [-0.1, -0.05) is 0 Å². The Morgan fingerprint density at radius 3 is 2.76 bits per heavy atom. The SMILES string of the molecule is COC(=O)COc1cc(F)c(Br)cc1[N+](=O)[O-]. The molecule has 0 aliphatic rings. The molecule has 1 aromatic rings. The van der Waals surface area contributed by atoms with E-state index in [-0.39, 0.29) is 10.2 Å². The van der Waals surface area contributed by atoms with E-state index in [2.05, 4.69) is 20.7 Å². The number of hydrogen-bond donors (Lipinski definition) is 0. The van der Waals surface area contributed by atoms with Crippen molar-refractivity contribution in [3.8, 4) is 5.75 Å². The fourth-order valence-corrected chi connectivity index (χ4v) is 1.30. The third-order valence-electron chi connectivity index (χ3n) is 1.77. The number of nitro groups is 1. The standard InChI is InChI=1S/C9H7BrFNO5/c1-16-9(13)4-17-8-3-6(11)5(10)2-7(8)12(14)15/h2-3H,4H2,1H3. The first-order valence-electron chi connectivity index (χ1n) is 4.28. The van der Waals surface area contributed by atoms with Crippen molar-refractivity contribution in [2.75, 3.05) is 13.7 Å². The highest BCUT2D eigenvalue weighted by Crippen LogP contribution is 2.32. The Morgan fingerprint density at radius 2 is 2.24 bits per heavy atom. The van der Waals surface area contributed by atoms with Crippen molar-refractivity contribution < 1.29 is 23.6 Å². The van der Waals surface area contributed by atoms with Crippen LogP contribution in [0.4, 0.5) is 10.1 Å². The molecule has 8 heteroatoms. The van der Waals surface area contributed by atoms with Gasteiger partial charge in [0.25, 0.3) is 0 Å². The molecular formula is C9H7BrFNO5. The summed E-state index contributed by atoms with van der Waals surface area (Å²) in [4.78, 5) is 20.7. The zero-order valence-electron chi connectivity index (χ0n) is 8.61. The number of nitrogens with zero attached hydrogens (tertiary/aromatic N) is 1. The zero-order valence-corrected chi connectivity index (χ0v) is 10.2. The van der Waals surface area contributed by atoms with Gasteiger partial charge >= 0.3 is 11.7 Å². The van der Waals surface area contributed by atoms with E-state index in [4.69, 9.17) is 4.74 Å². The van der Waals surface area contributed by atoms with E-state index >= 15 is 0 Å². The molecule has 0 spiro atoms. The van der Waals surface area contributed by atoms with Gasteiger partial charge in [-0.2, -0.15) is 0 Å². The van der Waals surface area contributed by atoms with Gasteiger partial charge in [-0.3, -0.25) is 10.1 Å². The molecule has 0 fully saturated rings. The molecule has 92 valence electrons. The van der Waals surface area contributed by atoms with Crippen LogP contribution in [0.25, 0.3) is 0 Å². The van der Waals surface area contributed by atoms with Crippen molar-refractivity contribution in [2.24, 2.45) is 0 Å². The van der Waals surface area contributed by atoms with Crippen LogP contribution in [-0.2, 0) is 9.53 Å².